The molecule has 0 amide bonds. The Labute approximate surface area is 109 Å². The van der Waals surface area contributed by atoms with Gasteiger partial charge in [0.2, 0.25) is 0 Å². The molecule has 2 atom stereocenters. The summed E-state index contributed by atoms with van der Waals surface area (Å²) in [6, 6.07) is 0. The lowest BCUT2D eigenvalue weighted by atomic mass is 9.93. The molecule has 4 nitrogen and oxygen atoms in total. The van der Waals surface area contributed by atoms with E-state index in [1.165, 1.54) is 0 Å². The highest BCUT2D eigenvalue weighted by molar-refractivity contribution is 5.11. The third kappa shape index (κ3) is 3.12. The van der Waals surface area contributed by atoms with Crippen LogP contribution in [-0.2, 0) is 6.54 Å². The molecule has 0 aliphatic carbocycles. The van der Waals surface area contributed by atoms with Crippen LogP contribution in [-0.4, -0.2) is 34.2 Å². The van der Waals surface area contributed by atoms with Crippen molar-refractivity contribution in [3.63, 3.8) is 0 Å². The molecule has 2 rings (SSSR count). The molecule has 0 spiro atoms. The first-order valence-electron chi connectivity index (χ1n) is 6.90. The smallest absolute Gasteiger partial charge is 0.181 e. The maximum Gasteiger partial charge on any atom is 0.181 e. The zero-order valence-corrected chi connectivity index (χ0v) is 11.6. The maximum absolute atomic E-state index is 9.70. The van der Waals surface area contributed by atoms with Crippen LogP contribution < -0.4 is 0 Å². The van der Waals surface area contributed by atoms with Gasteiger partial charge in [0.25, 0.3) is 0 Å². The average molecular weight is 252 g/mol. The van der Waals surface area contributed by atoms with E-state index in [0.29, 0.717) is 11.8 Å². The summed E-state index contributed by atoms with van der Waals surface area (Å²) in [5.74, 6) is 1.77. The van der Waals surface area contributed by atoms with Crippen LogP contribution in [0.4, 0.5) is 0 Å². The summed E-state index contributed by atoms with van der Waals surface area (Å²) in [6.07, 6.45) is 3.62. The van der Waals surface area contributed by atoms with Crippen molar-refractivity contribution in [2.24, 2.45) is 5.92 Å². The number of nitrogens with zero attached hydrogens (tertiary/aromatic N) is 2. The van der Waals surface area contributed by atoms with Crippen molar-refractivity contribution < 1.29 is 9.52 Å². The molecule has 1 fully saturated rings. The van der Waals surface area contributed by atoms with Crippen LogP contribution in [0.1, 0.15) is 51.0 Å². The van der Waals surface area contributed by atoms with Crippen molar-refractivity contribution in [3.05, 3.63) is 17.8 Å². The summed E-state index contributed by atoms with van der Waals surface area (Å²) in [5.41, 5.74) is 1.05. The first kappa shape index (κ1) is 13.6. The number of hydrogen-bond donors (Lipinski definition) is 1. The Hall–Kier alpha value is -0.870. The predicted octanol–water partition coefficient (Wildman–Crippen LogP) is 2.39. The zero-order chi connectivity index (χ0) is 13.1. The summed E-state index contributed by atoms with van der Waals surface area (Å²) in [7, 11) is 0. The van der Waals surface area contributed by atoms with Gasteiger partial charge in [-0.15, -0.1) is 0 Å². The first-order valence-corrected chi connectivity index (χ1v) is 6.90. The number of likely N-dealkylation sites (tertiary alicyclic amines) is 1. The van der Waals surface area contributed by atoms with Gasteiger partial charge in [-0.1, -0.05) is 13.8 Å². The fraction of sp³-hybridized carbons (Fsp3) is 0.786. The normalized spacial score (nSPS) is 23.5. The number of piperidine rings is 1. The van der Waals surface area contributed by atoms with Crippen LogP contribution in [0.3, 0.4) is 0 Å². The van der Waals surface area contributed by atoms with Crippen LogP contribution in [0.25, 0.3) is 0 Å². The Balaban J connectivity index is 1.98. The zero-order valence-electron chi connectivity index (χ0n) is 11.6. The minimum Gasteiger partial charge on any atom is -0.448 e. The van der Waals surface area contributed by atoms with Gasteiger partial charge in [0.05, 0.1) is 11.8 Å². The highest BCUT2D eigenvalue weighted by Crippen LogP contribution is 2.24. The third-order valence-electron chi connectivity index (χ3n) is 3.79. The molecule has 18 heavy (non-hydrogen) atoms. The van der Waals surface area contributed by atoms with E-state index < -0.39 is 0 Å². The third-order valence-corrected chi connectivity index (χ3v) is 3.79. The molecule has 0 saturated carbocycles. The fourth-order valence-electron chi connectivity index (χ4n) is 2.71. The minimum atomic E-state index is -0.213. The number of aliphatic hydroxyl groups excluding tert-OH is 1. The van der Waals surface area contributed by atoms with Crippen LogP contribution in [0.2, 0.25) is 0 Å². The van der Waals surface area contributed by atoms with E-state index in [9.17, 15) is 5.11 Å². The van der Waals surface area contributed by atoms with Gasteiger partial charge in [-0.2, -0.15) is 0 Å². The molecule has 0 aromatic carbocycles. The molecule has 1 aromatic heterocycles. The molecule has 2 unspecified atom stereocenters. The van der Waals surface area contributed by atoms with Crippen molar-refractivity contribution in [1.82, 2.24) is 9.88 Å². The van der Waals surface area contributed by atoms with Crippen LogP contribution in [0.5, 0.6) is 0 Å². The fourth-order valence-corrected chi connectivity index (χ4v) is 2.71. The Kier molecular flexibility index (Phi) is 4.40. The van der Waals surface area contributed by atoms with E-state index in [0.717, 1.165) is 43.9 Å². The summed E-state index contributed by atoms with van der Waals surface area (Å²) in [4.78, 5) is 6.71. The highest BCUT2D eigenvalue weighted by atomic mass is 16.3. The summed E-state index contributed by atoms with van der Waals surface area (Å²) < 4.78 is 5.45. The van der Waals surface area contributed by atoms with Crippen molar-refractivity contribution in [2.45, 2.75) is 52.2 Å². The minimum absolute atomic E-state index is 0.213. The molecule has 1 aliphatic heterocycles. The van der Waals surface area contributed by atoms with Gasteiger partial charge in [0.1, 0.15) is 5.76 Å². The molecule has 0 bridgehead atoms. The average Bonchev–Trinajstić information content (AvgIpc) is 2.77. The molecule has 4 heteroatoms. The summed E-state index contributed by atoms with van der Waals surface area (Å²) >= 11 is 0. The van der Waals surface area contributed by atoms with E-state index in [1.807, 2.05) is 6.92 Å². The highest BCUT2D eigenvalue weighted by Gasteiger charge is 2.25. The largest absolute Gasteiger partial charge is 0.448 e. The quantitative estimate of drug-likeness (QED) is 0.894. The second-order valence-corrected chi connectivity index (χ2v) is 5.70. The van der Waals surface area contributed by atoms with E-state index in [1.54, 1.807) is 6.39 Å². The lowest BCUT2D eigenvalue weighted by Crippen LogP contribution is -2.39. The van der Waals surface area contributed by atoms with E-state index in [2.05, 4.69) is 23.7 Å². The standard InChI is InChI=1S/C14H24N2O2/c1-10(2)14-13(15-9-18-14)8-16-6-4-5-12(7-16)11(3)17/h9-12,17H,4-8H2,1-3H3. The number of rotatable bonds is 4. The van der Waals surface area contributed by atoms with Crippen molar-refractivity contribution in [1.29, 1.82) is 0 Å². The molecular weight excluding hydrogens is 228 g/mol. The SMILES string of the molecule is CC(C)c1ocnc1CN1CCCC(C(C)O)C1. The van der Waals surface area contributed by atoms with Crippen molar-refractivity contribution in [3.8, 4) is 0 Å². The lowest BCUT2D eigenvalue weighted by molar-refractivity contribution is 0.0592. The monoisotopic (exact) mass is 252 g/mol. The van der Waals surface area contributed by atoms with Gasteiger partial charge in [-0.25, -0.2) is 4.98 Å². The second kappa shape index (κ2) is 5.85. The molecule has 102 valence electrons. The molecule has 1 aromatic rings. The molecule has 2 heterocycles. The van der Waals surface area contributed by atoms with E-state index in [4.69, 9.17) is 4.42 Å². The van der Waals surface area contributed by atoms with Gasteiger partial charge >= 0.3 is 0 Å². The summed E-state index contributed by atoms with van der Waals surface area (Å²) in [5, 5.41) is 9.70. The van der Waals surface area contributed by atoms with E-state index >= 15 is 0 Å². The Morgan fingerprint density at radius 3 is 2.94 bits per heavy atom. The van der Waals surface area contributed by atoms with Crippen LogP contribution >= 0.6 is 0 Å². The second-order valence-electron chi connectivity index (χ2n) is 5.70. The van der Waals surface area contributed by atoms with Crippen molar-refractivity contribution in [2.75, 3.05) is 13.1 Å². The van der Waals surface area contributed by atoms with Gasteiger partial charge in [0.15, 0.2) is 6.39 Å². The molecule has 1 saturated heterocycles. The van der Waals surface area contributed by atoms with Gasteiger partial charge in [0, 0.05) is 19.0 Å². The van der Waals surface area contributed by atoms with E-state index in [-0.39, 0.29) is 6.10 Å². The predicted molar refractivity (Wildman–Crippen MR) is 70.3 cm³/mol. The number of hydrogen-bond acceptors (Lipinski definition) is 4. The Bertz CT molecular complexity index is 374. The topological polar surface area (TPSA) is 49.5 Å². The van der Waals surface area contributed by atoms with Gasteiger partial charge in [-0.3, -0.25) is 4.90 Å². The van der Waals surface area contributed by atoms with Gasteiger partial charge < -0.3 is 9.52 Å². The lowest BCUT2D eigenvalue weighted by Gasteiger charge is -2.33. The number of oxazole rings is 1. The van der Waals surface area contributed by atoms with Crippen molar-refractivity contribution >= 4 is 0 Å². The Morgan fingerprint density at radius 1 is 1.50 bits per heavy atom. The van der Waals surface area contributed by atoms with Crippen LogP contribution in [0.15, 0.2) is 10.8 Å². The summed E-state index contributed by atoms with van der Waals surface area (Å²) in [6.45, 7) is 9.03. The molecule has 1 N–H and O–H groups in total. The number of aliphatic hydroxyl groups is 1. The molecular formula is C14H24N2O2. The molecule has 0 radical (unpaired) electrons. The van der Waals surface area contributed by atoms with Crippen LogP contribution in [0, 0.1) is 5.92 Å². The maximum atomic E-state index is 9.70. The van der Waals surface area contributed by atoms with Gasteiger partial charge in [-0.05, 0) is 32.2 Å². The molecule has 1 aliphatic rings. The number of aromatic nitrogens is 1. The Morgan fingerprint density at radius 2 is 2.28 bits per heavy atom. The first-order chi connectivity index (χ1) is 8.58.